The van der Waals surface area contributed by atoms with Crippen molar-refractivity contribution in [2.45, 2.75) is 44.6 Å². The average Bonchev–Trinajstić information content (AvgIpc) is 2.63. The van der Waals surface area contributed by atoms with Gasteiger partial charge in [-0.2, -0.15) is 0 Å². The highest BCUT2D eigenvalue weighted by Crippen LogP contribution is 2.35. The van der Waals surface area contributed by atoms with E-state index >= 15 is 0 Å². The van der Waals surface area contributed by atoms with Gasteiger partial charge < -0.3 is 0 Å². The second kappa shape index (κ2) is 10.8. The summed E-state index contributed by atoms with van der Waals surface area (Å²) < 4.78 is 52.7. The molecule has 0 spiro atoms. The summed E-state index contributed by atoms with van der Waals surface area (Å²) in [6, 6.07) is 9.86. The molecule has 0 aliphatic carbocycles. The van der Waals surface area contributed by atoms with E-state index in [2.05, 4.69) is 0 Å². The highest BCUT2D eigenvalue weighted by Gasteiger charge is 2.31. The Labute approximate surface area is 200 Å². The van der Waals surface area contributed by atoms with Crippen LogP contribution in [0.25, 0.3) is 0 Å². The number of hydrogen-bond donors (Lipinski definition) is 0. The van der Waals surface area contributed by atoms with E-state index in [1.54, 1.807) is 13.0 Å². The molecule has 0 unspecified atom stereocenters. The Hall–Kier alpha value is -0.990. The molecule has 0 radical (unpaired) electrons. The van der Waals surface area contributed by atoms with Crippen LogP contribution in [0.15, 0.2) is 47.4 Å². The fourth-order valence-corrected chi connectivity index (χ4v) is 7.32. The van der Waals surface area contributed by atoms with Crippen LogP contribution in [0.4, 0.5) is 5.69 Å². The molecule has 172 valence electrons. The third-order valence-corrected chi connectivity index (χ3v) is 9.42. The summed E-state index contributed by atoms with van der Waals surface area (Å²) in [5, 5.41) is 0.971. The second-order valence-electron chi connectivity index (χ2n) is 7.85. The standard InChI is InChI=1S/C21H26Cl3NO4S2/c1-15(2)14-30(26,27)12-4-5-16(3)25(21-13-18(23)8-11-20(21)24)31(28,29)19-9-6-17(22)7-10-19/h6-11,13,15-16H,4-5,12,14H2,1-3H3/t16-/m1/s1. The summed E-state index contributed by atoms with van der Waals surface area (Å²) in [5.74, 6) is 0.136. The van der Waals surface area contributed by atoms with Gasteiger partial charge in [0.25, 0.3) is 10.0 Å². The molecule has 10 heteroatoms. The molecular weight excluding hydrogens is 501 g/mol. The molecule has 0 aliphatic heterocycles. The van der Waals surface area contributed by atoms with Crippen LogP contribution in [0.3, 0.4) is 0 Å². The Kier molecular flexibility index (Phi) is 9.11. The molecule has 0 saturated carbocycles. The summed E-state index contributed by atoms with van der Waals surface area (Å²) in [7, 11) is -7.22. The van der Waals surface area contributed by atoms with Gasteiger partial charge in [0, 0.05) is 16.1 Å². The number of halogens is 3. The second-order valence-corrected chi connectivity index (χ2v) is 13.2. The Morgan fingerprint density at radius 1 is 0.871 bits per heavy atom. The number of sulfonamides is 1. The van der Waals surface area contributed by atoms with Gasteiger partial charge in [-0.15, -0.1) is 0 Å². The van der Waals surface area contributed by atoms with Crippen molar-refractivity contribution >= 4 is 60.4 Å². The van der Waals surface area contributed by atoms with E-state index in [4.69, 9.17) is 34.8 Å². The van der Waals surface area contributed by atoms with Crippen LogP contribution in [0.5, 0.6) is 0 Å². The predicted molar refractivity (Wildman–Crippen MR) is 130 cm³/mol. The maximum absolute atomic E-state index is 13.5. The normalized spacial score (nSPS) is 13.4. The van der Waals surface area contributed by atoms with Crippen molar-refractivity contribution in [2.24, 2.45) is 5.92 Å². The zero-order valence-electron chi connectivity index (χ0n) is 17.6. The summed E-state index contributed by atoms with van der Waals surface area (Å²) in [4.78, 5) is 0.0484. The van der Waals surface area contributed by atoms with Crippen LogP contribution < -0.4 is 4.31 Å². The van der Waals surface area contributed by atoms with Crippen molar-refractivity contribution in [3.63, 3.8) is 0 Å². The van der Waals surface area contributed by atoms with E-state index in [9.17, 15) is 16.8 Å². The molecule has 0 heterocycles. The molecule has 2 aromatic rings. The smallest absolute Gasteiger partial charge is 0.262 e. The molecule has 0 aromatic heterocycles. The van der Waals surface area contributed by atoms with Crippen LogP contribution >= 0.6 is 34.8 Å². The third kappa shape index (κ3) is 7.26. The van der Waals surface area contributed by atoms with Gasteiger partial charge in [0.05, 0.1) is 27.1 Å². The minimum absolute atomic E-state index is 0.00632. The van der Waals surface area contributed by atoms with Crippen LogP contribution in [-0.4, -0.2) is 34.4 Å². The molecular formula is C21H26Cl3NO4S2. The summed E-state index contributed by atoms with van der Waals surface area (Å²) >= 11 is 18.4. The number of hydrogen-bond acceptors (Lipinski definition) is 4. The number of sulfone groups is 1. The number of anilines is 1. The average molecular weight is 527 g/mol. The van der Waals surface area contributed by atoms with Crippen molar-refractivity contribution in [3.05, 3.63) is 57.5 Å². The zero-order valence-corrected chi connectivity index (χ0v) is 21.5. The Morgan fingerprint density at radius 2 is 1.45 bits per heavy atom. The lowest BCUT2D eigenvalue weighted by atomic mass is 10.2. The van der Waals surface area contributed by atoms with Crippen LogP contribution in [0, 0.1) is 5.92 Å². The minimum atomic E-state index is -4.01. The topological polar surface area (TPSA) is 71.5 Å². The predicted octanol–water partition coefficient (Wildman–Crippen LogP) is 6.08. The number of rotatable bonds is 10. The molecule has 31 heavy (non-hydrogen) atoms. The molecule has 5 nitrogen and oxygen atoms in total. The lowest BCUT2D eigenvalue weighted by Crippen LogP contribution is -2.39. The van der Waals surface area contributed by atoms with Gasteiger partial charge >= 0.3 is 0 Å². The maximum atomic E-state index is 13.5. The highest BCUT2D eigenvalue weighted by molar-refractivity contribution is 7.93. The van der Waals surface area contributed by atoms with Crippen LogP contribution in [0.2, 0.25) is 15.1 Å². The highest BCUT2D eigenvalue weighted by atomic mass is 35.5. The molecule has 0 N–H and O–H groups in total. The molecule has 2 rings (SSSR count). The van der Waals surface area contributed by atoms with Gasteiger partial charge in [-0.05, 0) is 68.1 Å². The Morgan fingerprint density at radius 3 is 2.03 bits per heavy atom. The fraction of sp³-hybridized carbons (Fsp3) is 0.429. The minimum Gasteiger partial charge on any atom is -0.262 e. The van der Waals surface area contributed by atoms with E-state index in [-0.39, 0.29) is 33.0 Å². The van der Waals surface area contributed by atoms with Crippen molar-refractivity contribution in [1.29, 1.82) is 0 Å². The first-order chi connectivity index (χ1) is 14.3. The van der Waals surface area contributed by atoms with Gasteiger partial charge in [0.15, 0.2) is 9.84 Å². The Bertz CT molecular complexity index is 1100. The summed E-state index contributed by atoms with van der Waals surface area (Å²) in [5.41, 5.74) is 0.238. The van der Waals surface area contributed by atoms with Gasteiger partial charge in [0.1, 0.15) is 0 Å². The third-order valence-electron chi connectivity index (χ3n) is 4.58. The SMILES string of the molecule is CC(C)CS(=O)(=O)CCC[C@@H](C)N(c1cc(Cl)ccc1Cl)S(=O)(=O)c1ccc(Cl)cc1. The van der Waals surface area contributed by atoms with Crippen LogP contribution in [0.1, 0.15) is 33.6 Å². The Balaban J connectivity index is 2.38. The molecule has 0 aliphatic rings. The maximum Gasteiger partial charge on any atom is 0.264 e. The lowest BCUT2D eigenvalue weighted by Gasteiger charge is -2.31. The first-order valence-corrected chi connectivity index (χ1v) is 14.2. The monoisotopic (exact) mass is 525 g/mol. The van der Waals surface area contributed by atoms with Gasteiger partial charge in [-0.1, -0.05) is 48.7 Å². The van der Waals surface area contributed by atoms with Crippen molar-refractivity contribution in [2.75, 3.05) is 15.8 Å². The van der Waals surface area contributed by atoms with Crippen molar-refractivity contribution in [3.8, 4) is 0 Å². The molecule has 0 saturated heterocycles. The first-order valence-electron chi connectivity index (χ1n) is 9.79. The zero-order chi connectivity index (χ0) is 23.4. The van der Waals surface area contributed by atoms with E-state index in [1.165, 1.54) is 40.7 Å². The fourth-order valence-electron chi connectivity index (χ4n) is 3.29. The largest absolute Gasteiger partial charge is 0.264 e. The molecule has 1 atom stereocenters. The van der Waals surface area contributed by atoms with Crippen molar-refractivity contribution < 1.29 is 16.8 Å². The van der Waals surface area contributed by atoms with E-state index < -0.39 is 25.9 Å². The lowest BCUT2D eigenvalue weighted by molar-refractivity contribution is 0.562. The first kappa shape index (κ1) is 26.3. The number of nitrogens with zero attached hydrogens (tertiary/aromatic N) is 1. The molecule has 0 fully saturated rings. The van der Waals surface area contributed by atoms with E-state index in [0.29, 0.717) is 22.9 Å². The van der Waals surface area contributed by atoms with Gasteiger partial charge in [-0.3, -0.25) is 4.31 Å². The summed E-state index contributed by atoms with van der Waals surface area (Å²) in [6.45, 7) is 5.42. The van der Waals surface area contributed by atoms with Crippen molar-refractivity contribution in [1.82, 2.24) is 0 Å². The quantitative estimate of drug-likeness (QED) is 0.376. The molecule has 2 aromatic carbocycles. The van der Waals surface area contributed by atoms with Gasteiger partial charge in [-0.25, -0.2) is 16.8 Å². The molecule has 0 amide bonds. The van der Waals surface area contributed by atoms with E-state index in [0.717, 1.165) is 0 Å². The van der Waals surface area contributed by atoms with E-state index in [1.807, 2.05) is 13.8 Å². The van der Waals surface area contributed by atoms with Crippen LogP contribution in [-0.2, 0) is 19.9 Å². The summed E-state index contributed by atoms with van der Waals surface area (Å²) in [6.07, 6.45) is 0.647. The number of benzene rings is 2. The van der Waals surface area contributed by atoms with Gasteiger partial charge in [0.2, 0.25) is 0 Å². The molecule has 0 bridgehead atoms.